The average Bonchev–Trinajstić information content (AvgIpc) is 2.47. The minimum Gasteiger partial charge on any atom is -0.726 e. The van der Waals surface area contributed by atoms with E-state index in [0.717, 1.165) is 12.3 Å². The molecule has 23 heavy (non-hydrogen) atoms. The molecule has 0 atom stereocenters. The lowest BCUT2D eigenvalue weighted by Crippen LogP contribution is -2.35. The van der Waals surface area contributed by atoms with Crippen LogP contribution in [0.15, 0.2) is 35.4 Å². The van der Waals surface area contributed by atoms with E-state index < -0.39 is 10.4 Å². The van der Waals surface area contributed by atoms with E-state index >= 15 is 0 Å². The molecule has 0 aliphatic rings. The van der Waals surface area contributed by atoms with Gasteiger partial charge in [0.1, 0.15) is 6.54 Å². The van der Waals surface area contributed by atoms with Crippen molar-refractivity contribution in [2.75, 3.05) is 12.4 Å². The van der Waals surface area contributed by atoms with Gasteiger partial charge < -0.3 is 4.55 Å². The molecule has 0 aliphatic heterocycles. The zero-order chi connectivity index (χ0) is 17.5. The van der Waals surface area contributed by atoms with Gasteiger partial charge in [-0.05, 0) is 32.9 Å². The summed E-state index contributed by atoms with van der Waals surface area (Å²) < 4.78 is 34.4. The Morgan fingerprint density at radius 3 is 2.35 bits per heavy atom. The molecular weight excluding hydrogens is 334 g/mol. The average molecular weight is 357 g/mol. The third kappa shape index (κ3) is 6.47. The Labute approximate surface area is 142 Å². The molecule has 1 heterocycles. The highest BCUT2D eigenvalue weighted by atomic mass is 32.3. The van der Waals surface area contributed by atoms with Crippen LogP contribution < -0.4 is 4.57 Å². The Morgan fingerprint density at radius 2 is 1.87 bits per heavy atom. The first-order valence-electron chi connectivity index (χ1n) is 7.48. The molecule has 0 saturated heterocycles. The lowest BCUT2D eigenvalue weighted by Gasteiger charge is -2.04. The molecule has 0 N–H and O–H groups in total. The van der Waals surface area contributed by atoms with Crippen molar-refractivity contribution >= 4 is 33.1 Å². The predicted octanol–water partition coefficient (Wildman–Crippen LogP) is 3.05. The zero-order valence-corrected chi connectivity index (χ0v) is 15.5. The van der Waals surface area contributed by atoms with Crippen LogP contribution in [-0.2, 0) is 21.1 Å². The van der Waals surface area contributed by atoms with Crippen LogP contribution in [0.25, 0.3) is 10.9 Å². The summed E-state index contributed by atoms with van der Waals surface area (Å²) in [4.78, 5) is 0. The van der Waals surface area contributed by atoms with Gasteiger partial charge in [-0.25, -0.2) is 8.42 Å². The molecule has 5 nitrogen and oxygen atoms in total. The topological polar surface area (TPSA) is 70.3 Å². The van der Waals surface area contributed by atoms with Gasteiger partial charge in [0.2, 0.25) is 20.9 Å². The fourth-order valence-corrected chi connectivity index (χ4v) is 3.30. The van der Waals surface area contributed by atoms with Crippen molar-refractivity contribution in [1.29, 1.82) is 0 Å². The lowest BCUT2D eigenvalue weighted by atomic mass is 10.1. The summed E-state index contributed by atoms with van der Waals surface area (Å²) in [6, 6.07) is 11.1. The Kier molecular flexibility index (Phi) is 7.98. The van der Waals surface area contributed by atoms with Gasteiger partial charge in [0.25, 0.3) is 0 Å². The number of aryl methyl sites for hydroxylation is 2. The molecular formula is C16H23NO4S2. The highest BCUT2D eigenvalue weighted by Crippen LogP contribution is 2.19. The fourth-order valence-electron chi connectivity index (χ4n) is 2.17. The first-order valence-corrected chi connectivity index (χ1v) is 9.80. The number of hydrogen-bond acceptors (Lipinski definition) is 5. The van der Waals surface area contributed by atoms with Crippen LogP contribution >= 0.6 is 11.8 Å². The SMILES string of the molecule is CCOS(=O)(=O)[O-].CCSc1ccc2cc(C)ccc2[n+]1CC. The number of nitrogens with zero attached hydrogens (tertiary/aromatic N) is 1. The van der Waals surface area contributed by atoms with Gasteiger partial charge >= 0.3 is 0 Å². The molecule has 7 heteroatoms. The minimum atomic E-state index is -4.42. The van der Waals surface area contributed by atoms with Crippen molar-refractivity contribution in [3.63, 3.8) is 0 Å². The van der Waals surface area contributed by atoms with E-state index in [1.165, 1.54) is 28.4 Å². The molecule has 0 saturated carbocycles. The van der Waals surface area contributed by atoms with E-state index in [1.807, 2.05) is 11.8 Å². The van der Waals surface area contributed by atoms with Gasteiger partial charge in [-0.2, -0.15) is 4.57 Å². The molecule has 0 aliphatic carbocycles. The third-order valence-corrected chi connectivity index (χ3v) is 4.48. The van der Waals surface area contributed by atoms with Crippen molar-refractivity contribution in [2.45, 2.75) is 39.3 Å². The summed E-state index contributed by atoms with van der Waals surface area (Å²) in [7, 11) is -4.42. The Morgan fingerprint density at radius 1 is 1.17 bits per heavy atom. The zero-order valence-electron chi connectivity index (χ0n) is 13.9. The Bertz CT molecular complexity index is 745. The van der Waals surface area contributed by atoms with Gasteiger partial charge in [-0.15, -0.1) is 0 Å². The van der Waals surface area contributed by atoms with Crippen molar-refractivity contribution in [2.24, 2.45) is 0 Å². The van der Waals surface area contributed by atoms with Crippen LogP contribution in [0.2, 0.25) is 0 Å². The monoisotopic (exact) mass is 357 g/mol. The molecule has 0 fully saturated rings. The van der Waals surface area contributed by atoms with Gasteiger partial charge in [0, 0.05) is 23.3 Å². The first-order chi connectivity index (χ1) is 10.8. The maximum absolute atomic E-state index is 9.45. The second-order valence-corrected chi connectivity index (χ2v) is 7.06. The van der Waals surface area contributed by atoms with Crippen molar-refractivity contribution < 1.29 is 21.7 Å². The molecule has 1 aromatic heterocycles. The number of thioether (sulfide) groups is 1. The van der Waals surface area contributed by atoms with Crippen molar-refractivity contribution in [3.05, 3.63) is 35.9 Å². The largest absolute Gasteiger partial charge is 0.726 e. The summed E-state index contributed by atoms with van der Waals surface area (Å²) in [5.41, 5.74) is 2.66. The normalized spacial score (nSPS) is 11.2. The Balaban J connectivity index is 0.000000322. The number of pyridine rings is 1. The summed E-state index contributed by atoms with van der Waals surface area (Å²) in [6.45, 7) is 8.91. The second-order valence-electron chi connectivity index (χ2n) is 4.73. The van der Waals surface area contributed by atoms with E-state index in [-0.39, 0.29) is 6.61 Å². The fraction of sp³-hybridized carbons (Fsp3) is 0.438. The standard InChI is InChI=1S/C14H18NS.C2H6O4S/c1-4-15-13-8-6-11(3)10-12(13)7-9-14(15)16-5-2;1-2-6-7(3,4)5/h6-10H,4-5H2,1-3H3;2H2,1H3,(H,3,4,5)/q+1;/p-1. The van der Waals surface area contributed by atoms with Crippen LogP contribution in [-0.4, -0.2) is 25.3 Å². The minimum absolute atomic E-state index is 0.0914. The van der Waals surface area contributed by atoms with Crippen LogP contribution in [0.4, 0.5) is 0 Å². The highest BCUT2D eigenvalue weighted by molar-refractivity contribution is 7.99. The molecule has 2 aromatic rings. The number of benzene rings is 1. The van der Waals surface area contributed by atoms with Gasteiger partial charge in [-0.1, -0.05) is 30.3 Å². The van der Waals surface area contributed by atoms with E-state index in [2.05, 4.69) is 59.9 Å². The number of aromatic nitrogens is 1. The van der Waals surface area contributed by atoms with Crippen LogP contribution in [0.5, 0.6) is 0 Å². The molecule has 0 unspecified atom stereocenters. The van der Waals surface area contributed by atoms with Gasteiger partial charge in [0.05, 0.1) is 6.61 Å². The van der Waals surface area contributed by atoms with E-state index in [9.17, 15) is 13.0 Å². The predicted molar refractivity (Wildman–Crippen MR) is 92.3 cm³/mol. The van der Waals surface area contributed by atoms with E-state index in [4.69, 9.17) is 0 Å². The summed E-state index contributed by atoms with van der Waals surface area (Å²) >= 11 is 1.91. The number of rotatable bonds is 5. The molecule has 0 spiro atoms. The van der Waals surface area contributed by atoms with Crippen LogP contribution in [0.1, 0.15) is 26.3 Å². The van der Waals surface area contributed by atoms with Crippen molar-refractivity contribution in [1.82, 2.24) is 0 Å². The number of hydrogen-bond donors (Lipinski definition) is 0. The quantitative estimate of drug-likeness (QED) is 0.356. The maximum Gasteiger partial charge on any atom is 0.240 e. The highest BCUT2D eigenvalue weighted by Gasteiger charge is 2.13. The third-order valence-electron chi connectivity index (χ3n) is 3.02. The van der Waals surface area contributed by atoms with E-state index in [0.29, 0.717) is 0 Å². The Hall–Kier alpha value is -1.15. The maximum atomic E-state index is 9.45. The first kappa shape index (κ1) is 19.9. The summed E-state index contributed by atoms with van der Waals surface area (Å²) in [5, 5.41) is 2.70. The summed E-state index contributed by atoms with van der Waals surface area (Å²) in [5.74, 6) is 1.12. The smallest absolute Gasteiger partial charge is 0.240 e. The molecule has 128 valence electrons. The number of fused-ring (bicyclic) bond motifs is 1. The molecule has 2 rings (SSSR count). The van der Waals surface area contributed by atoms with Gasteiger partial charge in [0.15, 0.2) is 0 Å². The van der Waals surface area contributed by atoms with Crippen LogP contribution in [0.3, 0.4) is 0 Å². The lowest BCUT2D eigenvalue weighted by molar-refractivity contribution is -0.704. The molecule has 0 amide bonds. The second kappa shape index (κ2) is 9.22. The molecule has 0 radical (unpaired) electrons. The van der Waals surface area contributed by atoms with Crippen molar-refractivity contribution in [3.8, 4) is 0 Å². The van der Waals surface area contributed by atoms with E-state index in [1.54, 1.807) is 0 Å². The summed E-state index contributed by atoms with van der Waals surface area (Å²) in [6.07, 6.45) is 0. The van der Waals surface area contributed by atoms with Crippen LogP contribution in [0, 0.1) is 6.92 Å². The molecule has 1 aromatic carbocycles. The molecule has 0 bridgehead atoms. The van der Waals surface area contributed by atoms with Gasteiger partial charge in [-0.3, -0.25) is 4.18 Å².